The van der Waals surface area contributed by atoms with E-state index in [2.05, 4.69) is 15.3 Å². The Balaban J connectivity index is 1.68. The molecule has 3 aromatic rings. The molecule has 146 valence electrons. The Labute approximate surface area is 176 Å². The topological polar surface area (TPSA) is 73.3 Å². The highest BCUT2D eigenvalue weighted by molar-refractivity contribution is 7.15. The summed E-state index contributed by atoms with van der Waals surface area (Å²) in [6.07, 6.45) is 3.84. The zero-order chi connectivity index (χ0) is 19.9. The lowest BCUT2D eigenvalue weighted by Crippen LogP contribution is -2.15. The van der Waals surface area contributed by atoms with Crippen LogP contribution in [0.25, 0.3) is 0 Å². The van der Waals surface area contributed by atoms with Gasteiger partial charge in [-0.05, 0) is 35.9 Å². The molecular formula is C19H17Cl2N3O3S. The van der Waals surface area contributed by atoms with Crippen molar-refractivity contribution < 1.29 is 14.3 Å². The zero-order valence-corrected chi connectivity index (χ0v) is 17.3. The molecule has 1 aromatic carbocycles. The number of carbonyl (C=O) groups excluding carboxylic acids is 1. The van der Waals surface area contributed by atoms with Crippen molar-refractivity contribution in [2.75, 3.05) is 25.6 Å². The fourth-order valence-corrected chi connectivity index (χ4v) is 3.59. The van der Waals surface area contributed by atoms with Gasteiger partial charge in [-0.2, -0.15) is 0 Å². The number of ether oxygens (including phenoxy) is 2. The second kappa shape index (κ2) is 9.84. The molecule has 0 radical (unpaired) electrons. The van der Waals surface area contributed by atoms with Gasteiger partial charge in [0.05, 0.1) is 6.61 Å². The van der Waals surface area contributed by atoms with E-state index in [-0.39, 0.29) is 11.8 Å². The average molecular weight is 438 g/mol. The minimum atomic E-state index is -0.345. The van der Waals surface area contributed by atoms with Crippen LogP contribution in [0.4, 0.5) is 5.13 Å². The number of pyridine rings is 1. The second-order valence-corrected chi connectivity index (χ2v) is 7.65. The summed E-state index contributed by atoms with van der Waals surface area (Å²) in [4.78, 5) is 21.9. The summed E-state index contributed by atoms with van der Waals surface area (Å²) in [5.41, 5.74) is 1.23. The van der Waals surface area contributed by atoms with Gasteiger partial charge in [0, 0.05) is 40.8 Å². The van der Waals surface area contributed by atoms with E-state index >= 15 is 0 Å². The molecule has 0 aliphatic carbocycles. The number of hydrogen-bond acceptors (Lipinski definition) is 6. The smallest absolute Gasteiger partial charge is 0.262 e. The number of halogens is 2. The lowest BCUT2D eigenvalue weighted by molar-refractivity contribution is 0.101. The fraction of sp³-hybridized carbons (Fsp3) is 0.211. The van der Waals surface area contributed by atoms with Crippen LogP contribution in [-0.2, 0) is 11.2 Å². The number of nitrogens with one attached hydrogen (secondary N) is 1. The summed E-state index contributed by atoms with van der Waals surface area (Å²) < 4.78 is 10.5. The van der Waals surface area contributed by atoms with Crippen molar-refractivity contribution in [3.63, 3.8) is 0 Å². The maximum absolute atomic E-state index is 12.6. The summed E-state index contributed by atoms with van der Waals surface area (Å²) in [5.74, 6) is -0.0956. The monoisotopic (exact) mass is 437 g/mol. The molecule has 0 saturated heterocycles. The van der Waals surface area contributed by atoms with Gasteiger partial charge < -0.3 is 9.47 Å². The SMILES string of the molecule is COCCOc1ncccc1C(=O)Nc1ncc(Cc2cc(Cl)ccc2Cl)s1. The lowest BCUT2D eigenvalue weighted by atomic mass is 10.1. The highest BCUT2D eigenvalue weighted by Gasteiger charge is 2.16. The molecule has 0 aliphatic heterocycles. The van der Waals surface area contributed by atoms with Gasteiger partial charge in [0.2, 0.25) is 5.88 Å². The number of benzene rings is 1. The third-order valence-electron chi connectivity index (χ3n) is 3.69. The van der Waals surface area contributed by atoms with Gasteiger partial charge in [0.15, 0.2) is 5.13 Å². The number of anilines is 1. The predicted molar refractivity (Wildman–Crippen MR) is 111 cm³/mol. The second-order valence-electron chi connectivity index (χ2n) is 5.70. The van der Waals surface area contributed by atoms with Crippen LogP contribution in [0, 0.1) is 0 Å². The molecule has 0 saturated carbocycles. The normalized spacial score (nSPS) is 10.7. The highest BCUT2D eigenvalue weighted by Crippen LogP contribution is 2.27. The number of carbonyl (C=O) groups is 1. The van der Waals surface area contributed by atoms with Gasteiger partial charge in [0.25, 0.3) is 5.91 Å². The number of nitrogens with zero attached hydrogens (tertiary/aromatic N) is 2. The van der Waals surface area contributed by atoms with Gasteiger partial charge in [0.1, 0.15) is 12.2 Å². The summed E-state index contributed by atoms with van der Waals surface area (Å²) in [7, 11) is 1.58. The number of aromatic nitrogens is 2. The molecule has 0 bridgehead atoms. The molecule has 2 heterocycles. The lowest BCUT2D eigenvalue weighted by Gasteiger charge is -2.09. The van der Waals surface area contributed by atoms with Crippen LogP contribution in [0.15, 0.2) is 42.7 Å². The Hall–Kier alpha value is -2.19. The molecule has 0 aliphatic rings. The first-order valence-electron chi connectivity index (χ1n) is 8.33. The Bertz CT molecular complexity index is 965. The summed E-state index contributed by atoms with van der Waals surface area (Å²) in [6.45, 7) is 0.703. The summed E-state index contributed by atoms with van der Waals surface area (Å²) >= 11 is 13.6. The van der Waals surface area contributed by atoms with Crippen LogP contribution in [0.1, 0.15) is 20.8 Å². The first-order valence-corrected chi connectivity index (χ1v) is 9.91. The van der Waals surface area contributed by atoms with Crippen LogP contribution >= 0.6 is 34.5 Å². The van der Waals surface area contributed by atoms with Crippen molar-refractivity contribution in [2.45, 2.75) is 6.42 Å². The van der Waals surface area contributed by atoms with Crippen molar-refractivity contribution in [3.05, 3.63) is 68.8 Å². The van der Waals surface area contributed by atoms with E-state index in [1.54, 1.807) is 43.8 Å². The number of hydrogen-bond donors (Lipinski definition) is 1. The van der Waals surface area contributed by atoms with E-state index in [1.165, 1.54) is 11.3 Å². The molecule has 28 heavy (non-hydrogen) atoms. The molecule has 0 fully saturated rings. The van der Waals surface area contributed by atoms with Crippen molar-refractivity contribution in [3.8, 4) is 5.88 Å². The molecule has 1 N–H and O–H groups in total. The van der Waals surface area contributed by atoms with Crippen molar-refractivity contribution in [1.29, 1.82) is 0 Å². The summed E-state index contributed by atoms with van der Waals surface area (Å²) in [5, 5.41) is 4.51. The van der Waals surface area contributed by atoms with E-state index < -0.39 is 0 Å². The van der Waals surface area contributed by atoms with E-state index in [4.69, 9.17) is 32.7 Å². The average Bonchev–Trinajstić information content (AvgIpc) is 3.12. The number of rotatable bonds is 8. The van der Waals surface area contributed by atoms with Gasteiger partial charge in [-0.1, -0.05) is 23.2 Å². The quantitative estimate of drug-likeness (QED) is 0.516. The molecular weight excluding hydrogens is 421 g/mol. The number of amides is 1. The van der Waals surface area contributed by atoms with Crippen molar-refractivity contribution in [1.82, 2.24) is 9.97 Å². The maximum Gasteiger partial charge on any atom is 0.262 e. The highest BCUT2D eigenvalue weighted by atomic mass is 35.5. The Morgan fingerprint density at radius 2 is 2.07 bits per heavy atom. The molecule has 9 heteroatoms. The Morgan fingerprint density at radius 1 is 1.21 bits per heavy atom. The minimum Gasteiger partial charge on any atom is -0.475 e. The number of thiazole rings is 1. The van der Waals surface area contributed by atoms with Crippen molar-refractivity contribution >= 4 is 45.6 Å². The number of methoxy groups -OCH3 is 1. The van der Waals surface area contributed by atoms with E-state index in [9.17, 15) is 4.79 Å². The first-order chi connectivity index (χ1) is 13.6. The minimum absolute atomic E-state index is 0.250. The Kier molecular flexibility index (Phi) is 7.22. The van der Waals surface area contributed by atoms with Gasteiger partial charge in [-0.3, -0.25) is 10.1 Å². The molecule has 0 unspecified atom stereocenters. The molecule has 0 atom stereocenters. The van der Waals surface area contributed by atoms with Gasteiger partial charge in [-0.15, -0.1) is 11.3 Å². The fourth-order valence-electron chi connectivity index (χ4n) is 2.38. The van der Waals surface area contributed by atoms with E-state index in [0.717, 1.165) is 10.4 Å². The molecule has 0 spiro atoms. The van der Waals surface area contributed by atoms with Gasteiger partial charge in [-0.25, -0.2) is 9.97 Å². The van der Waals surface area contributed by atoms with Gasteiger partial charge >= 0.3 is 0 Å². The zero-order valence-electron chi connectivity index (χ0n) is 14.9. The molecule has 2 aromatic heterocycles. The maximum atomic E-state index is 12.6. The molecule has 3 rings (SSSR count). The van der Waals surface area contributed by atoms with Crippen LogP contribution in [0.5, 0.6) is 5.88 Å². The standard InChI is InChI=1S/C19H17Cl2N3O3S/c1-26-7-8-27-18-15(3-2-6-22-18)17(25)24-19-23-11-14(28-19)10-12-9-13(20)4-5-16(12)21/h2-6,9,11H,7-8,10H2,1H3,(H,23,24,25). The summed E-state index contributed by atoms with van der Waals surface area (Å²) in [6, 6.07) is 8.64. The van der Waals surface area contributed by atoms with Crippen LogP contribution in [0.2, 0.25) is 10.0 Å². The predicted octanol–water partition coefficient (Wildman–Crippen LogP) is 4.71. The van der Waals surface area contributed by atoms with E-state index in [0.29, 0.717) is 40.4 Å². The van der Waals surface area contributed by atoms with Crippen LogP contribution < -0.4 is 10.1 Å². The molecule has 6 nitrogen and oxygen atoms in total. The third-order valence-corrected chi connectivity index (χ3v) is 5.21. The van der Waals surface area contributed by atoms with E-state index in [1.807, 2.05) is 6.07 Å². The first kappa shape index (κ1) is 20.5. The molecule has 1 amide bonds. The van der Waals surface area contributed by atoms with Crippen LogP contribution in [0.3, 0.4) is 0 Å². The Morgan fingerprint density at radius 3 is 2.89 bits per heavy atom. The largest absolute Gasteiger partial charge is 0.475 e. The van der Waals surface area contributed by atoms with Crippen LogP contribution in [-0.4, -0.2) is 36.2 Å². The van der Waals surface area contributed by atoms with Crippen molar-refractivity contribution in [2.24, 2.45) is 0 Å². The third kappa shape index (κ3) is 5.42.